The fourth-order valence-corrected chi connectivity index (χ4v) is 13.8. The highest BCUT2D eigenvalue weighted by Crippen LogP contribution is 2.45. The van der Waals surface area contributed by atoms with Crippen molar-refractivity contribution in [1.29, 1.82) is 0 Å². The average Bonchev–Trinajstić information content (AvgIpc) is 3.14. The Hall–Kier alpha value is -4.74. The standard InChI is InChI=1S/C42H36O2P2/c43-35(33-45(37-19-7-1-8-20-37,38-21-9-2-10-22-38)39-23-11-3-12-24-39)31-32-36(44)34-46(40-25-13-4-14-26-40,41-27-15-5-16-28-41)42-29-17-6-18-30-42/h1-30,33-34H,31-32H2. The smallest absolute Gasteiger partial charge is 0.157 e. The third-order valence-corrected chi connectivity index (χ3v) is 16.3. The predicted octanol–water partition coefficient (Wildman–Crippen LogP) is 6.50. The molecule has 0 N–H and O–H groups in total. The van der Waals surface area contributed by atoms with E-state index in [9.17, 15) is 9.59 Å². The molecule has 0 fully saturated rings. The second kappa shape index (κ2) is 14.6. The highest BCUT2D eigenvalue weighted by Gasteiger charge is 2.28. The molecule has 0 radical (unpaired) electrons. The van der Waals surface area contributed by atoms with Gasteiger partial charge in [-0.3, -0.25) is 9.59 Å². The van der Waals surface area contributed by atoms with Gasteiger partial charge in [0.2, 0.25) is 0 Å². The number of hydrogen-bond donors (Lipinski definition) is 0. The van der Waals surface area contributed by atoms with Crippen molar-refractivity contribution in [1.82, 2.24) is 0 Å². The minimum atomic E-state index is -2.44. The van der Waals surface area contributed by atoms with E-state index in [1.807, 2.05) is 121 Å². The van der Waals surface area contributed by atoms with Crippen molar-refractivity contribution in [2.45, 2.75) is 12.8 Å². The molecule has 6 aromatic carbocycles. The highest BCUT2D eigenvalue weighted by molar-refractivity contribution is 7.95. The molecule has 0 aliphatic rings. The monoisotopic (exact) mass is 634 g/mol. The van der Waals surface area contributed by atoms with Gasteiger partial charge in [-0.05, 0) is 57.2 Å². The summed E-state index contributed by atoms with van der Waals surface area (Å²) in [7, 11) is 0. The van der Waals surface area contributed by atoms with E-state index in [0.29, 0.717) is 0 Å². The van der Waals surface area contributed by atoms with Gasteiger partial charge in [0.05, 0.1) is 0 Å². The molecule has 0 saturated carbocycles. The van der Waals surface area contributed by atoms with Crippen molar-refractivity contribution in [2.75, 3.05) is 0 Å². The largest absolute Gasteiger partial charge is 0.295 e. The van der Waals surface area contributed by atoms with Crippen LogP contribution in [0.4, 0.5) is 0 Å². The molecule has 46 heavy (non-hydrogen) atoms. The summed E-state index contributed by atoms with van der Waals surface area (Å²) < 4.78 is 0. The Kier molecular flexibility index (Phi) is 9.90. The molecule has 0 spiro atoms. The van der Waals surface area contributed by atoms with Crippen LogP contribution in [0.1, 0.15) is 12.8 Å². The highest BCUT2D eigenvalue weighted by atomic mass is 31.2. The number of benzene rings is 6. The zero-order chi connectivity index (χ0) is 31.7. The fraction of sp³-hybridized carbons (Fsp3) is 0.0476. The number of Topliss-reactive ketones (excluding diaryl/α,β-unsaturated/α-hetero) is 2. The Morgan fingerprint density at radius 1 is 0.326 bits per heavy atom. The van der Waals surface area contributed by atoms with Crippen molar-refractivity contribution in [3.63, 3.8) is 0 Å². The average molecular weight is 635 g/mol. The summed E-state index contributed by atoms with van der Waals surface area (Å²) in [5.41, 5.74) is 0. The quantitative estimate of drug-likeness (QED) is 0.153. The van der Waals surface area contributed by atoms with Crippen molar-refractivity contribution in [2.24, 2.45) is 0 Å². The summed E-state index contributed by atoms with van der Waals surface area (Å²) >= 11 is 0. The van der Waals surface area contributed by atoms with E-state index < -0.39 is 13.8 Å². The molecule has 0 aliphatic carbocycles. The molecule has 226 valence electrons. The van der Waals surface area contributed by atoms with Gasteiger partial charge in [0, 0.05) is 12.8 Å². The third-order valence-electron chi connectivity index (χ3n) is 8.27. The zero-order valence-electron chi connectivity index (χ0n) is 25.6. The molecule has 2 nitrogen and oxygen atoms in total. The molecule has 6 rings (SSSR count). The third kappa shape index (κ3) is 6.47. The normalized spacial score (nSPS) is 11.4. The predicted molar refractivity (Wildman–Crippen MR) is 202 cm³/mol. The lowest BCUT2D eigenvalue weighted by Gasteiger charge is -2.28. The van der Waals surface area contributed by atoms with E-state index in [1.54, 1.807) is 0 Å². The molecule has 0 amide bonds. The van der Waals surface area contributed by atoms with Crippen LogP contribution >= 0.6 is 13.8 Å². The Bertz CT molecular complexity index is 1650. The van der Waals surface area contributed by atoms with Crippen molar-refractivity contribution in [3.8, 4) is 0 Å². The van der Waals surface area contributed by atoms with E-state index in [1.165, 1.54) is 0 Å². The van der Waals surface area contributed by atoms with Gasteiger partial charge in [-0.15, -0.1) is 0 Å². The lowest BCUT2D eigenvalue weighted by atomic mass is 10.2. The maximum atomic E-state index is 14.1. The van der Waals surface area contributed by atoms with E-state index in [0.717, 1.165) is 31.8 Å². The number of rotatable bonds is 11. The van der Waals surface area contributed by atoms with Gasteiger partial charge in [0.15, 0.2) is 11.6 Å². The maximum absolute atomic E-state index is 14.1. The Labute approximate surface area is 272 Å². The molecule has 4 heteroatoms. The summed E-state index contributed by atoms with van der Waals surface area (Å²) in [4.78, 5) is 28.1. The molecule has 6 aromatic rings. The second-order valence-electron chi connectivity index (χ2n) is 11.1. The minimum absolute atomic E-state index is 0.0188. The van der Waals surface area contributed by atoms with Gasteiger partial charge < -0.3 is 0 Å². The van der Waals surface area contributed by atoms with Gasteiger partial charge in [-0.1, -0.05) is 182 Å². The summed E-state index contributed by atoms with van der Waals surface area (Å²) in [5.74, 6) is 3.84. The Morgan fingerprint density at radius 2 is 0.500 bits per heavy atom. The van der Waals surface area contributed by atoms with E-state index in [-0.39, 0.29) is 24.4 Å². The van der Waals surface area contributed by atoms with Crippen LogP contribution in [0.15, 0.2) is 182 Å². The lowest BCUT2D eigenvalue weighted by molar-refractivity contribution is -0.117. The fourth-order valence-electron chi connectivity index (χ4n) is 6.13. The van der Waals surface area contributed by atoms with Crippen LogP contribution < -0.4 is 31.8 Å². The molecule has 0 saturated heterocycles. The van der Waals surface area contributed by atoms with E-state index in [2.05, 4.69) is 72.8 Å². The molecule has 0 atom stereocenters. The summed E-state index contributed by atoms with van der Waals surface area (Å²) in [6.45, 7) is -4.89. The number of ketones is 2. The lowest BCUT2D eigenvalue weighted by Crippen LogP contribution is -2.29. The molecular weight excluding hydrogens is 598 g/mol. The second-order valence-corrected chi connectivity index (χ2v) is 17.7. The first kappa shape index (κ1) is 31.3. The molecule has 0 bridgehead atoms. The van der Waals surface area contributed by atoms with Crippen LogP contribution in [0.25, 0.3) is 0 Å². The summed E-state index contributed by atoms with van der Waals surface area (Å²) in [6, 6.07) is 61.9. The van der Waals surface area contributed by atoms with Gasteiger partial charge in [0.1, 0.15) is 0 Å². The topological polar surface area (TPSA) is 34.1 Å². The van der Waals surface area contributed by atoms with Gasteiger partial charge >= 0.3 is 0 Å². The maximum Gasteiger partial charge on any atom is 0.157 e. The first-order valence-electron chi connectivity index (χ1n) is 15.5. The van der Waals surface area contributed by atoms with Crippen LogP contribution in [0.5, 0.6) is 0 Å². The number of carbonyl (C=O) groups is 2. The van der Waals surface area contributed by atoms with Gasteiger partial charge in [0.25, 0.3) is 0 Å². The first-order chi connectivity index (χ1) is 22.6. The SMILES string of the molecule is O=C(C=P(c1ccccc1)(c1ccccc1)c1ccccc1)CCC(=O)C=P(c1ccccc1)(c1ccccc1)c1ccccc1. The van der Waals surface area contributed by atoms with E-state index >= 15 is 0 Å². The van der Waals surface area contributed by atoms with Crippen LogP contribution in [0.2, 0.25) is 0 Å². The number of carbonyl (C=O) groups excluding carboxylic acids is 2. The van der Waals surface area contributed by atoms with E-state index in [4.69, 9.17) is 0 Å². The molecule has 0 aromatic heterocycles. The molecular formula is C42H36O2P2. The number of hydrogen-bond acceptors (Lipinski definition) is 2. The van der Waals surface area contributed by atoms with Crippen LogP contribution in [0.3, 0.4) is 0 Å². The zero-order valence-corrected chi connectivity index (χ0v) is 27.4. The van der Waals surface area contributed by atoms with Gasteiger partial charge in [-0.25, -0.2) is 0 Å². The Morgan fingerprint density at radius 3 is 0.674 bits per heavy atom. The Balaban J connectivity index is 1.44. The van der Waals surface area contributed by atoms with Crippen LogP contribution in [-0.4, -0.2) is 23.2 Å². The minimum Gasteiger partial charge on any atom is -0.295 e. The van der Waals surface area contributed by atoms with Gasteiger partial charge in [-0.2, -0.15) is 0 Å². The van der Waals surface area contributed by atoms with Crippen molar-refractivity contribution < 1.29 is 9.59 Å². The molecule has 0 aliphatic heterocycles. The van der Waals surface area contributed by atoms with Crippen molar-refractivity contribution >= 4 is 68.8 Å². The first-order valence-corrected chi connectivity index (χ1v) is 19.2. The summed E-state index contributed by atoms with van der Waals surface area (Å²) in [5, 5.41) is 6.67. The van der Waals surface area contributed by atoms with Crippen LogP contribution in [-0.2, 0) is 9.59 Å². The van der Waals surface area contributed by atoms with Crippen LogP contribution in [0, 0.1) is 0 Å². The molecule has 0 unspecified atom stereocenters. The molecule has 0 heterocycles. The van der Waals surface area contributed by atoms with Crippen molar-refractivity contribution in [3.05, 3.63) is 182 Å². The summed E-state index contributed by atoms with van der Waals surface area (Å²) in [6.07, 6.45) is 0.282.